The number of halogens is 3. The van der Waals surface area contributed by atoms with E-state index in [1.54, 1.807) is 0 Å². The van der Waals surface area contributed by atoms with Crippen molar-refractivity contribution < 1.29 is 17.9 Å². The van der Waals surface area contributed by atoms with E-state index >= 15 is 0 Å². The predicted molar refractivity (Wildman–Crippen MR) is 129 cm³/mol. The van der Waals surface area contributed by atoms with Gasteiger partial charge in [0.15, 0.2) is 5.65 Å². The van der Waals surface area contributed by atoms with Gasteiger partial charge in [0.1, 0.15) is 5.82 Å². The largest absolute Gasteiger partial charge is 0.394 e. The topological polar surface area (TPSA) is 76.6 Å². The first-order chi connectivity index (χ1) is 17.8. The number of H-pyrrole nitrogens is 1. The van der Waals surface area contributed by atoms with Crippen LogP contribution >= 0.6 is 0 Å². The van der Waals surface area contributed by atoms with Gasteiger partial charge < -0.3 is 4.74 Å². The fraction of sp³-hybridized carbons (Fsp3) is 0.643. The number of fused-ring (bicyclic) bond motifs is 1. The van der Waals surface area contributed by atoms with Crippen LogP contribution in [0.4, 0.5) is 13.2 Å². The van der Waals surface area contributed by atoms with Gasteiger partial charge >= 0.3 is 6.18 Å². The second-order valence-corrected chi connectivity index (χ2v) is 12.4. The third kappa shape index (κ3) is 3.28. The fourth-order valence-corrected chi connectivity index (χ4v) is 7.35. The molecule has 2 atom stereocenters. The van der Waals surface area contributed by atoms with Gasteiger partial charge in [0.25, 0.3) is 0 Å². The van der Waals surface area contributed by atoms with Gasteiger partial charge in [-0.1, -0.05) is 0 Å². The molecule has 0 radical (unpaired) electrons. The highest BCUT2D eigenvalue weighted by Gasteiger charge is 2.79. The summed E-state index contributed by atoms with van der Waals surface area (Å²) in [5.74, 6) is 1.87. The van der Waals surface area contributed by atoms with Gasteiger partial charge in [-0.05, 0) is 76.8 Å². The van der Waals surface area contributed by atoms with E-state index in [-0.39, 0.29) is 31.3 Å². The summed E-state index contributed by atoms with van der Waals surface area (Å²) in [5, 5.41) is 8.86. The number of aryl methyl sites for hydroxylation is 1. The molecular weight excluding hydrogens is 479 g/mol. The van der Waals surface area contributed by atoms with E-state index in [0.29, 0.717) is 29.9 Å². The Kier molecular flexibility index (Phi) is 4.43. The molecule has 194 valence electrons. The van der Waals surface area contributed by atoms with Crippen LogP contribution < -0.4 is 0 Å². The molecule has 6 aliphatic rings. The van der Waals surface area contributed by atoms with Gasteiger partial charge in [0, 0.05) is 52.1 Å². The average molecular weight is 510 g/mol. The minimum atomic E-state index is -4.15. The maximum Gasteiger partial charge on any atom is 0.394 e. The third-order valence-corrected chi connectivity index (χ3v) is 9.63. The van der Waals surface area contributed by atoms with E-state index in [9.17, 15) is 13.2 Å². The summed E-state index contributed by atoms with van der Waals surface area (Å²) in [5.41, 5.74) is 3.88. The SMILES string of the molecule is Cc1ccc2c(C34CC(C(F)(F)F)(C3)C4)nc(C3CCO[C@H](c4c(C5CC5)n[nH]c4C4CC4)C3)nc2n1. The van der Waals surface area contributed by atoms with Crippen LogP contribution in [0.25, 0.3) is 11.0 Å². The molecule has 5 aliphatic carbocycles. The summed E-state index contributed by atoms with van der Waals surface area (Å²) in [7, 11) is 0. The van der Waals surface area contributed by atoms with E-state index in [1.165, 1.54) is 42.6 Å². The first-order valence-electron chi connectivity index (χ1n) is 13.7. The quantitative estimate of drug-likeness (QED) is 0.429. The standard InChI is InChI=1S/C28H30F3N5O/c1-14-2-7-18-23(26-11-27(12-26,13-26)28(29,30)31)33-24(34-25(18)32-14)17-8-9-37-19(10-17)20-21(15-3-4-15)35-36-22(20)16-5-6-16/h2,7,15-17,19H,3-6,8-13H2,1H3,(H,35,36)/t17?,19-,26?,27?/m0/s1. The fourth-order valence-electron chi connectivity index (χ4n) is 7.35. The highest BCUT2D eigenvalue weighted by Crippen LogP contribution is 2.78. The van der Waals surface area contributed by atoms with Crippen LogP contribution in [0, 0.1) is 12.3 Å². The summed E-state index contributed by atoms with van der Waals surface area (Å²) in [6, 6.07) is 3.85. The molecule has 3 aromatic rings. The first kappa shape index (κ1) is 22.4. The van der Waals surface area contributed by atoms with Crippen LogP contribution in [0.2, 0.25) is 0 Å². The zero-order chi connectivity index (χ0) is 25.2. The van der Waals surface area contributed by atoms with Crippen molar-refractivity contribution in [3.8, 4) is 0 Å². The minimum Gasteiger partial charge on any atom is -0.373 e. The lowest BCUT2D eigenvalue weighted by molar-refractivity contribution is -0.337. The van der Waals surface area contributed by atoms with E-state index in [4.69, 9.17) is 19.8 Å². The molecule has 6 nitrogen and oxygen atoms in total. The Hall–Kier alpha value is -2.55. The minimum absolute atomic E-state index is 0.0552. The number of rotatable bonds is 5. The lowest BCUT2D eigenvalue weighted by Crippen LogP contribution is -2.70. The van der Waals surface area contributed by atoms with Crippen molar-refractivity contribution in [2.24, 2.45) is 5.41 Å². The Labute approximate surface area is 212 Å². The van der Waals surface area contributed by atoms with E-state index in [2.05, 4.69) is 10.1 Å². The van der Waals surface area contributed by atoms with Gasteiger partial charge in [0.05, 0.1) is 22.9 Å². The first-order valence-corrected chi connectivity index (χ1v) is 13.7. The van der Waals surface area contributed by atoms with E-state index < -0.39 is 17.0 Å². The van der Waals surface area contributed by atoms with E-state index in [1.807, 2.05) is 19.1 Å². The summed E-state index contributed by atoms with van der Waals surface area (Å²) in [6.45, 7) is 2.53. The molecule has 37 heavy (non-hydrogen) atoms. The maximum atomic E-state index is 13.6. The van der Waals surface area contributed by atoms with Gasteiger partial charge in [0.2, 0.25) is 0 Å². The molecule has 1 aliphatic heterocycles. The summed E-state index contributed by atoms with van der Waals surface area (Å²) < 4.78 is 47.3. The molecule has 6 fully saturated rings. The smallest absolute Gasteiger partial charge is 0.373 e. The average Bonchev–Trinajstić information content (AvgIpc) is 3.74. The number of aromatic amines is 1. The zero-order valence-electron chi connectivity index (χ0n) is 20.9. The Bertz CT molecular complexity index is 1370. The molecule has 5 saturated carbocycles. The molecule has 1 saturated heterocycles. The van der Waals surface area contributed by atoms with Gasteiger partial charge in [-0.2, -0.15) is 18.3 Å². The summed E-state index contributed by atoms with van der Waals surface area (Å²) in [6.07, 6.45) is 2.49. The van der Waals surface area contributed by atoms with Crippen molar-refractivity contribution in [3.05, 3.63) is 46.3 Å². The normalized spacial score (nSPS) is 33.3. The number of alkyl halides is 3. The highest BCUT2D eigenvalue weighted by molar-refractivity contribution is 5.79. The molecule has 0 aromatic carbocycles. The monoisotopic (exact) mass is 509 g/mol. The highest BCUT2D eigenvalue weighted by atomic mass is 19.4. The third-order valence-electron chi connectivity index (χ3n) is 9.63. The number of aromatic nitrogens is 5. The molecule has 4 heterocycles. The lowest BCUT2D eigenvalue weighted by Gasteiger charge is -2.70. The summed E-state index contributed by atoms with van der Waals surface area (Å²) >= 11 is 0. The number of ether oxygens (including phenoxy) is 1. The van der Waals surface area contributed by atoms with Crippen molar-refractivity contribution in [2.75, 3.05) is 6.61 Å². The lowest BCUT2D eigenvalue weighted by atomic mass is 9.33. The predicted octanol–water partition coefficient (Wildman–Crippen LogP) is 6.43. The van der Waals surface area contributed by atoms with Gasteiger partial charge in [-0.15, -0.1) is 0 Å². The van der Waals surface area contributed by atoms with Crippen LogP contribution in [-0.4, -0.2) is 37.9 Å². The Morgan fingerprint density at radius 1 is 0.946 bits per heavy atom. The van der Waals surface area contributed by atoms with Crippen molar-refractivity contribution in [3.63, 3.8) is 0 Å². The van der Waals surface area contributed by atoms with Crippen molar-refractivity contribution in [2.45, 2.75) is 100 Å². The zero-order valence-corrected chi connectivity index (χ0v) is 20.9. The van der Waals surface area contributed by atoms with Crippen molar-refractivity contribution in [1.29, 1.82) is 0 Å². The molecule has 0 spiro atoms. The number of pyridine rings is 1. The van der Waals surface area contributed by atoms with Crippen LogP contribution in [0.1, 0.15) is 116 Å². The van der Waals surface area contributed by atoms with Crippen LogP contribution in [0.15, 0.2) is 12.1 Å². The number of nitrogens with zero attached hydrogens (tertiary/aromatic N) is 4. The Balaban J connectivity index is 1.16. The Morgan fingerprint density at radius 3 is 2.41 bits per heavy atom. The van der Waals surface area contributed by atoms with Crippen molar-refractivity contribution in [1.82, 2.24) is 25.1 Å². The molecular formula is C28H30F3N5O. The van der Waals surface area contributed by atoms with Crippen LogP contribution in [0.3, 0.4) is 0 Å². The molecule has 9 rings (SSSR count). The molecule has 9 heteroatoms. The number of hydrogen-bond acceptors (Lipinski definition) is 5. The second-order valence-electron chi connectivity index (χ2n) is 12.4. The second kappa shape index (κ2) is 7.30. The molecule has 1 N–H and O–H groups in total. The van der Waals surface area contributed by atoms with Crippen LogP contribution in [0.5, 0.6) is 0 Å². The molecule has 3 aromatic heterocycles. The number of nitrogens with one attached hydrogen (secondary N) is 1. The van der Waals surface area contributed by atoms with Crippen molar-refractivity contribution >= 4 is 11.0 Å². The maximum absolute atomic E-state index is 13.6. The molecule has 2 bridgehead atoms. The van der Waals surface area contributed by atoms with Gasteiger partial charge in [-0.3, -0.25) is 5.10 Å². The summed E-state index contributed by atoms with van der Waals surface area (Å²) in [4.78, 5) is 14.7. The Morgan fingerprint density at radius 2 is 1.70 bits per heavy atom. The molecule has 1 unspecified atom stereocenters. The van der Waals surface area contributed by atoms with Crippen LogP contribution in [-0.2, 0) is 10.2 Å². The van der Waals surface area contributed by atoms with E-state index in [0.717, 1.165) is 29.6 Å². The van der Waals surface area contributed by atoms with Gasteiger partial charge in [-0.25, -0.2) is 15.0 Å². The molecule has 0 amide bonds. The number of hydrogen-bond donors (Lipinski definition) is 1.